The number of hydrogen-bond acceptors (Lipinski definition) is 3. The molecule has 1 aromatic rings. The predicted octanol–water partition coefficient (Wildman–Crippen LogP) is 5.61. The summed E-state index contributed by atoms with van der Waals surface area (Å²) in [6.07, 6.45) is 7.63. The van der Waals surface area contributed by atoms with Gasteiger partial charge in [-0.25, -0.2) is 0 Å². The molecular weight excluding hydrogens is 426 g/mol. The van der Waals surface area contributed by atoms with Crippen LogP contribution in [0, 0.1) is 29.1 Å². The van der Waals surface area contributed by atoms with Crippen molar-refractivity contribution < 1.29 is 14.4 Å². The summed E-state index contributed by atoms with van der Waals surface area (Å²) in [5.74, 6) is 0.642. The van der Waals surface area contributed by atoms with Gasteiger partial charge in [0.2, 0.25) is 17.7 Å². The summed E-state index contributed by atoms with van der Waals surface area (Å²) < 4.78 is 0. The van der Waals surface area contributed by atoms with Crippen LogP contribution < -0.4 is 16.8 Å². The molecule has 3 rings (SSSR count). The van der Waals surface area contributed by atoms with Crippen LogP contribution in [0.25, 0.3) is 0 Å². The van der Waals surface area contributed by atoms with Crippen molar-refractivity contribution in [2.24, 2.45) is 40.6 Å². The van der Waals surface area contributed by atoms with Crippen molar-refractivity contribution >= 4 is 23.4 Å². The second-order valence-corrected chi connectivity index (χ2v) is 12.0. The normalized spacial score (nSPS) is 25.7. The first-order valence-corrected chi connectivity index (χ1v) is 13.0. The molecular formula is C28H43N3O3. The average Bonchev–Trinajstić information content (AvgIpc) is 2.78. The highest BCUT2D eigenvalue weighted by Crippen LogP contribution is 2.45. The van der Waals surface area contributed by atoms with E-state index < -0.39 is 11.8 Å². The van der Waals surface area contributed by atoms with Crippen LogP contribution in [0.3, 0.4) is 0 Å². The quantitative estimate of drug-likeness (QED) is 0.503. The molecule has 2 saturated carbocycles. The molecule has 6 heteroatoms. The van der Waals surface area contributed by atoms with Crippen molar-refractivity contribution in [2.45, 2.75) is 91.9 Å². The Morgan fingerprint density at radius 2 is 1.35 bits per heavy atom. The van der Waals surface area contributed by atoms with Crippen LogP contribution in [0.15, 0.2) is 12.1 Å². The molecule has 0 radical (unpaired) electrons. The lowest BCUT2D eigenvalue weighted by Gasteiger charge is -2.38. The lowest BCUT2D eigenvalue weighted by molar-refractivity contribution is -0.121. The third-order valence-corrected chi connectivity index (χ3v) is 8.42. The molecule has 0 atom stereocenters. The van der Waals surface area contributed by atoms with Crippen LogP contribution in [0.5, 0.6) is 0 Å². The van der Waals surface area contributed by atoms with Gasteiger partial charge in [-0.05, 0) is 98.1 Å². The molecule has 0 bridgehead atoms. The first-order valence-electron chi connectivity index (χ1n) is 13.0. The fraction of sp³-hybridized carbons (Fsp3) is 0.679. The Labute approximate surface area is 204 Å². The molecule has 34 heavy (non-hydrogen) atoms. The Bertz CT molecular complexity index is 880. The number of amides is 3. The van der Waals surface area contributed by atoms with Crippen molar-refractivity contribution in [2.75, 3.05) is 5.32 Å². The van der Waals surface area contributed by atoms with Crippen molar-refractivity contribution in [3.8, 4) is 0 Å². The van der Waals surface area contributed by atoms with E-state index >= 15 is 0 Å². The molecule has 2 fully saturated rings. The van der Waals surface area contributed by atoms with Gasteiger partial charge in [0.15, 0.2) is 0 Å². The van der Waals surface area contributed by atoms with Crippen molar-refractivity contribution in [3.05, 3.63) is 28.8 Å². The summed E-state index contributed by atoms with van der Waals surface area (Å²) >= 11 is 0. The molecule has 0 aromatic heterocycles. The summed E-state index contributed by atoms with van der Waals surface area (Å²) in [6.45, 7) is 11.2. The van der Waals surface area contributed by atoms with E-state index in [0.717, 1.165) is 51.4 Å². The zero-order valence-corrected chi connectivity index (χ0v) is 21.6. The van der Waals surface area contributed by atoms with Crippen LogP contribution >= 0.6 is 0 Å². The molecule has 5 N–H and O–H groups in total. The van der Waals surface area contributed by atoms with Crippen LogP contribution in [0.1, 0.15) is 118 Å². The smallest absolute Gasteiger partial charge is 0.249 e. The molecule has 0 aliphatic heterocycles. The fourth-order valence-electron chi connectivity index (χ4n) is 6.11. The second kappa shape index (κ2) is 10.5. The number of rotatable bonds is 6. The molecule has 0 spiro atoms. The van der Waals surface area contributed by atoms with E-state index in [0.29, 0.717) is 40.1 Å². The van der Waals surface area contributed by atoms with E-state index in [1.807, 2.05) is 0 Å². The van der Waals surface area contributed by atoms with E-state index in [4.69, 9.17) is 11.5 Å². The van der Waals surface area contributed by atoms with Gasteiger partial charge in [0.05, 0.1) is 0 Å². The average molecular weight is 470 g/mol. The van der Waals surface area contributed by atoms with Gasteiger partial charge in [-0.15, -0.1) is 0 Å². The SMILES string of the molecule is CC(C)C1CCC(C(=O)Nc2cc(C(N)=O)c(C3CCC(C(C)(C)C)CC3)c(C(N)=O)c2)CC1. The van der Waals surface area contributed by atoms with E-state index in [2.05, 4.69) is 39.9 Å². The second-order valence-electron chi connectivity index (χ2n) is 12.0. The van der Waals surface area contributed by atoms with Crippen molar-refractivity contribution in [1.29, 1.82) is 0 Å². The minimum Gasteiger partial charge on any atom is -0.366 e. The van der Waals surface area contributed by atoms with E-state index in [9.17, 15) is 14.4 Å². The number of nitrogens with one attached hydrogen (secondary N) is 1. The first kappa shape index (κ1) is 26.2. The molecule has 3 amide bonds. The summed E-state index contributed by atoms with van der Waals surface area (Å²) in [7, 11) is 0. The predicted molar refractivity (Wildman–Crippen MR) is 137 cm³/mol. The van der Waals surface area contributed by atoms with Crippen LogP contribution in [0.2, 0.25) is 0 Å². The maximum absolute atomic E-state index is 13.0. The number of anilines is 1. The Hall–Kier alpha value is -2.37. The largest absolute Gasteiger partial charge is 0.366 e. The molecule has 6 nitrogen and oxygen atoms in total. The lowest BCUT2D eigenvalue weighted by Crippen LogP contribution is -2.30. The molecule has 2 aliphatic rings. The van der Waals surface area contributed by atoms with Gasteiger partial charge in [0, 0.05) is 22.7 Å². The number of carbonyl (C=O) groups excluding carboxylic acids is 3. The number of benzene rings is 1. The highest BCUT2D eigenvalue weighted by molar-refractivity contribution is 6.04. The third kappa shape index (κ3) is 6.00. The van der Waals surface area contributed by atoms with Crippen LogP contribution in [-0.4, -0.2) is 17.7 Å². The summed E-state index contributed by atoms with van der Waals surface area (Å²) in [5, 5.41) is 2.95. The summed E-state index contributed by atoms with van der Waals surface area (Å²) in [6, 6.07) is 3.27. The topological polar surface area (TPSA) is 115 Å². The summed E-state index contributed by atoms with van der Waals surface area (Å²) in [4.78, 5) is 37.9. The highest BCUT2D eigenvalue weighted by atomic mass is 16.2. The molecule has 0 heterocycles. The molecule has 2 aliphatic carbocycles. The number of hydrogen-bond donors (Lipinski definition) is 3. The number of nitrogens with two attached hydrogens (primary N) is 2. The first-order chi connectivity index (χ1) is 15.9. The molecule has 188 valence electrons. The summed E-state index contributed by atoms with van der Waals surface area (Å²) in [5.41, 5.74) is 13.4. The molecule has 1 aromatic carbocycles. The highest BCUT2D eigenvalue weighted by Gasteiger charge is 2.34. The maximum Gasteiger partial charge on any atom is 0.249 e. The monoisotopic (exact) mass is 469 g/mol. The van der Waals surface area contributed by atoms with Crippen LogP contribution in [-0.2, 0) is 4.79 Å². The van der Waals surface area contributed by atoms with Gasteiger partial charge >= 0.3 is 0 Å². The molecule has 0 unspecified atom stereocenters. The minimum atomic E-state index is -0.594. The Morgan fingerprint density at radius 3 is 1.76 bits per heavy atom. The van der Waals surface area contributed by atoms with E-state index in [-0.39, 0.29) is 23.2 Å². The fourth-order valence-corrected chi connectivity index (χ4v) is 6.11. The van der Waals surface area contributed by atoms with Crippen LogP contribution in [0.4, 0.5) is 5.69 Å². The Balaban J connectivity index is 1.83. The lowest BCUT2D eigenvalue weighted by atomic mass is 9.67. The van der Waals surface area contributed by atoms with Gasteiger partial charge in [-0.3, -0.25) is 14.4 Å². The zero-order chi connectivity index (χ0) is 25.2. The van der Waals surface area contributed by atoms with Crippen molar-refractivity contribution in [3.63, 3.8) is 0 Å². The van der Waals surface area contributed by atoms with Gasteiger partial charge in [0.25, 0.3) is 0 Å². The van der Waals surface area contributed by atoms with Gasteiger partial charge in [-0.1, -0.05) is 34.6 Å². The minimum absolute atomic E-state index is 0.0552. The van der Waals surface area contributed by atoms with E-state index in [1.54, 1.807) is 12.1 Å². The van der Waals surface area contributed by atoms with Gasteiger partial charge < -0.3 is 16.8 Å². The number of primary amides is 2. The zero-order valence-electron chi connectivity index (χ0n) is 21.6. The van der Waals surface area contributed by atoms with Crippen molar-refractivity contribution in [1.82, 2.24) is 0 Å². The van der Waals surface area contributed by atoms with Gasteiger partial charge in [-0.2, -0.15) is 0 Å². The van der Waals surface area contributed by atoms with E-state index in [1.165, 1.54) is 0 Å². The standard InChI is InChI=1S/C28H43N3O3/c1-16(2)17-6-8-19(9-7-17)27(34)31-21-14-22(25(29)32)24(23(15-21)26(30)33)18-10-12-20(13-11-18)28(3,4)5/h14-20H,6-13H2,1-5H3,(H2,29,32)(H2,30,33)(H,31,34). The Morgan fingerprint density at radius 1 is 0.853 bits per heavy atom. The molecule has 0 saturated heterocycles. The van der Waals surface area contributed by atoms with Gasteiger partial charge in [0.1, 0.15) is 0 Å². The number of carbonyl (C=O) groups is 3. The third-order valence-electron chi connectivity index (χ3n) is 8.42. The Kier molecular flexibility index (Phi) is 8.10. The maximum atomic E-state index is 13.0.